The van der Waals surface area contributed by atoms with Crippen molar-refractivity contribution < 1.29 is 5.11 Å². The highest BCUT2D eigenvalue weighted by Crippen LogP contribution is 2.67. The predicted molar refractivity (Wildman–Crippen MR) is 91.4 cm³/mol. The fourth-order valence-electron chi connectivity index (χ4n) is 7.71. The van der Waals surface area contributed by atoms with E-state index in [0.717, 1.165) is 36.5 Å². The Hall–Kier alpha value is -0.550. The molecule has 2 heteroatoms. The summed E-state index contributed by atoms with van der Waals surface area (Å²) >= 11 is 0. The Morgan fingerprint density at radius 3 is 2.48 bits per heavy atom. The van der Waals surface area contributed by atoms with Crippen LogP contribution in [0.1, 0.15) is 72.1 Å². The Labute approximate surface area is 141 Å². The van der Waals surface area contributed by atoms with E-state index in [2.05, 4.69) is 26.8 Å². The van der Waals surface area contributed by atoms with Gasteiger partial charge >= 0.3 is 0 Å². The lowest BCUT2D eigenvalue weighted by Crippen LogP contribution is -2.55. The van der Waals surface area contributed by atoms with Crippen molar-refractivity contribution in [3.8, 4) is 6.07 Å². The topological polar surface area (TPSA) is 44.0 Å². The van der Waals surface area contributed by atoms with Crippen LogP contribution in [-0.2, 0) is 0 Å². The molecule has 9 atom stereocenters. The molecule has 2 nitrogen and oxygen atoms in total. The van der Waals surface area contributed by atoms with Crippen LogP contribution in [0.5, 0.6) is 0 Å². The maximum absolute atomic E-state index is 10.5. The van der Waals surface area contributed by atoms with Crippen LogP contribution < -0.4 is 0 Å². The molecule has 0 aromatic carbocycles. The second-order valence-corrected chi connectivity index (χ2v) is 9.94. The number of nitriles is 1. The van der Waals surface area contributed by atoms with Crippen molar-refractivity contribution in [2.75, 3.05) is 0 Å². The van der Waals surface area contributed by atoms with Crippen molar-refractivity contribution in [1.29, 1.82) is 5.26 Å². The fraction of sp³-hybridized carbons (Fsp3) is 0.952. The second-order valence-electron chi connectivity index (χ2n) is 9.94. The molecule has 0 aliphatic heterocycles. The molecule has 0 amide bonds. The van der Waals surface area contributed by atoms with Crippen LogP contribution in [0.15, 0.2) is 0 Å². The first-order chi connectivity index (χ1) is 10.9. The summed E-state index contributed by atoms with van der Waals surface area (Å²) in [6.45, 7) is 7.16. The smallest absolute Gasteiger partial charge is 0.0661 e. The number of aliphatic hydroxyl groups excluding tert-OH is 1. The Morgan fingerprint density at radius 2 is 1.74 bits per heavy atom. The molecule has 0 aromatic heterocycles. The molecule has 0 saturated heterocycles. The molecular weight excluding hydrogens is 282 g/mol. The third kappa shape index (κ3) is 2.08. The normalized spacial score (nSPS) is 58.7. The van der Waals surface area contributed by atoms with E-state index < -0.39 is 0 Å². The third-order valence-electron chi connectivity index (χ3n) is 9.18. The van der Waals surface area contributed by atoms with Crippen molar-refractivity contribution in [3.05, 3.63) is 0 Å². The largest absolute Gasteiger partial charge is 0.393 e. The number of nitrogens with zero attached hydrogens (tertiary/aromatic N) is 1. The van der Waals surface area contributed by atoms with Gasteiger partial charge in [-0.1, -0.05) is 20.8 Å². The van der Waals surface area contributed by atoms with Crippen molar-refractivity contribution in [2.24, 2.45) is 46.3 Å². The molecule has 4 saturated carbocycles. The zero-order valence-corrected chi connectivity index (χ0v) is 15.1. The molecule has 4 aliphatic rings. The second kappa shape index (κ2) is 5.22. The van der Waals surface area contributed by atoms with E-state index in [-0.39, 0.29) is 17.4 Å². The minimum absolute atomic E-state index is 0.0984. The van der Waals surface area contributed by atoms with Crippen molar-refractivity contribution >= 4 is 0 Å². The fourth-order valence-corrected chi connectivity index (χ4v) is 7.71. The van der Waals surface area contributed by atoms with Gasteiger partial charge in [-0.2, -0.15) is 5.26 Å². The van der Waals surface area contributed by atoms with E-state index in [1.54, 1.807) is 0 Å². The zero-order valence-electron chi connectivity index (χ0n) is 15.1. The van der Waals surface area contributed by atoms with Gasteiger partial charge in [0.05, 0.1) is 18.1 Å². The summed E-state index contributed by atoms with van der Waals surface area (Å²) in [6.07, 6.45) is 9.82. The van der Waals surface area contributed by atoms with Gasteiger partial charge in [-0.05, 0) is 91.8 Å². The average Bonchev–Trinajstić information content (AvgIpc) is 2.85. The monoisotopic (exact) mass is 315 g/mol. The summed E-state index contributed by atoms with van der Waals surface area (Å²) in [7, 11) is 0. The van der Waals surface area contributed by atoms with E-state index in [0.29, 0.717) is 11.3 Å². The number of fused-ring (bicyclic) bond motifs is 5. The summed E-state index contributed by atoms with van der Waals surface area (Å²) < 4.78 is 0. The van der Waals surface area contributed by atoms with Crippen molar-refractivity contribution in [3.63, 3.8) is 0 Å². The Balaban J connectivity index is 1.63. The van der Waals surface area contributed by atoms with Crippen LogP contribution in [-0.4, -0.2) is 11.2 Å². The predicted octanol–water partition coefficient (Wildman–Crippen LogP) is 4.78. The molecule has 23 heavy (non-hydrogen) atoms. The molecule has 4 rings (SSSR count). The van der Waals surface area contributed by atoms with E-state index in [9.17, 15) is 10.4 Å². The van der Waals surface area contributed by atoms with E-state index >= 15 is 0 Å². The summed E-state index contributed by atoms with van der Waals surface area (Å²) in [4.78, 5) is 0. The molecule has 0 heterocycles. The van der Waals surface area contributed by atoms with Crippen LogP contribution in [0, 0.1) is 57.7 Å². The number of hydrogen-bond donors (Lipinski definition) is 1. The van der Waals surface area contributed by atoms with Gasteiger partial charge in [0.1, 0.15) is 0 Å². The summed E-state index contributed by atoms with van der Waals surface area (Å²) in [5.41, 5.74) is 0.626. The van der Waals surface area contributed by atoms with Crippen LogP contribution in [0.3, 0.4) is 0 Å². The standard InChI is InChI=1S/C21H33NO/c1-13-10-14-4-6-16-17-7-5-15(12-22)20(17,2)9-8-18(16)21(14,3)11-19(13)23/h13-19,23H,4-11H2,1-3H3/t13-,14-,15+,16-,17-,18-,19-,20+,21-/m0/s1. The van der Waals surface area contributed by atoms with Gasteiger partial charge in [0, 0.05) is 0 Å². The molecule has 1 N–H and O–H groups in total. The molecule has 0 spiro atoms. The van der Waals surface area contributed by atoms with Crippen LogP contribution in [0.4, 0.5) is 0 Å². The van der Waals surface area contributed by atoms with Gasteiger partial charge in [-0.3, -0.25) is 0 Å². The molecular formula is C21H33NO. The average molecular weight is 316 g/mol. The van der Waals surface area contributed by atoms with Crippen molar-refractivity contribution in [1.82, 2.24) is 0 Å². The lowest BCUT2D eigenvalue weighted by atomic mass is 9.44. The van der Waals surface area contributed by atoms with E-state index in [1.807, 2.05) is 0 Å². The highest BCUT2D eigenvalue weighted by molar-refractivity contribution is 5.12. The SMILES string of the molecule is C[C@H]1C[C@@H]2CC[C@@H]3[C@H](CC[C@]4(C)[C@@H](C#N)CC[C@@H]34)[C@@]2(C)C[C@@H]1O. The summed E-state index contributed by atoms with van der Waals surface area (Å²) in [6, 6.07) is 2.64. The first-order valence-electron chi connectivity index (χ1n) is 9.98. The van der Waals surface area contributed by atoms with Crippen LogP contribution in [0.25, 0.3) is 0 Å². The van der Waals surface area contributed by atoms with Crippen LogP contribution >= 0.6 is 0 Å². The summed E-state index contributed by atoms with van der Waals surface area (Å²) in [5, 5.41) is 20.1. The number of aliphatic hydroxyl groups is 1. The Kier molecular flexibility index (Phi) is 3.62. The van der Waals surface area contributed by atoms with Gasteiger partial charge in [-0.25, -0.2) is 0 Å². The molecule has 0 bridgehead atoms. The molecule has 4 fully saturated rings. The van der Waals surface area contributed by atoms with Gasteiger partial charge < -0.3 is 5.11 Å². The van der Waals surface area contributed by atoms with Gasteiger partial charge in [0.15, 0.2) is 0 Å². The van der Waals surface area contributed by atoms with Crippen LogP contribution in [0.2, 0.25) is 0 Å². The lowest BCUT2D eigenvalue weighted by Gasteiger charge is -2.61. The van der Waals surface area contributed by atoms with E-state index in [4.69, 9.17) is 0 Å². The minimum atomic E-state index is -0.0984. The van der Waals surface area contributed by atoms with Crippen molar-refractivity contribution in [2.45, 2.75) is 78.2 Å². The molecule has 0 radical (unpaired) electrons. The maximum Gasteiger partial charge on any atom is 0.0661 e. The molecule has 4 aliphatic carbocycles. The lowest BCUT2D eigenvalue weighted by molar-refractivity contribution is -0.140. The third-order valence-corrected chi connectivity index (χ3v) is 9.18. The van der Waals surface area contributed by atoms with E-state index in [1.165, 1.54) is 38.5 Å². The Bertz CT molecular complexity index is 524. The Morgan fingerprint density at radius 1 is 1.00 bits per heavy atom. The quantitative estimate of drug-likeness (QED) is 0.699. The first kappa shape index (κ1) is 15.9. The summed E-state index contributed by atoms with van der Waals surface area (Å²) in [5.74, 6) is 3.96. The molecule has 128 valence electrons. The first-order valence-corrected chi connectivity index (χ1v) is 9.98. The minimum Gasteiger partial charge on any atom is -0.393 e. The van der Waals surface area contributed by atoms with Gasteiger partial charge in [0.2, 0.25) is 0 Å². The maximum atomic E-state index is 10.5. The zero-order chi connectivity index (χ0) is 16.4. The molecule has 0 unspecified atom stereocenters. The van der Waals surface area contributed by atoms with Gasteiger partial charge in [-0.15, -0.1) is 0 Å². The number of rotatable bonds is 0. The molecule has 0 aromatic rings. The number of hydrogen-bond acceptors (Lipinski definition) is 2. The highest BCUT2D eigenvalue weighted by atomic mass is 16.3. The van der Waals surface area contributed by atoms with Gasteiger partial charge in [0.25, 0.3) is 0 Å². The highest BCUT2D eigenvalue weighted by Gasteiger charge is 2.60.